The minimum absolute atomic E-state index is 0.345. The first-order valence-corrected chi connectivity index (χ1v) is 6.82. The lowest BCUT2D eigenvalue weighted by Crippen LogP contribution is -2.03. The number of esters is 1. The minimum Gasteiger partial charge on any atom is -0.462 e. The van der Waals surface area contributed by atoms with Crippen LogP contribution in [0.4, 0.5) is 10.9 Å². The van der Waals surface area contributed by atoms with E-state index in [1.54, 1.807) is 26.0 Å². The highest BCUT2D eigenvalue weighted by molar-refractivity contribution is 7.17. The van der Waals surface area contributed by atoms with Crippen molar-refractivity contribution < 1.29 is 9.53 Å². The second-order valence-electron chi connectivity index (χ2n) is 3.64. The molecule has 0 saturated heterocycles. The van der Waals surface area contributed by atoms with E-state index in [1.165, 1.54) is 17.5 Å². The molecule has 0 bridgehead atoms. The van der Waals surface area contributed by atoms with Gasteiger partial charge in [-0.1, -0.05) is 22.9 Å². The molecule has 1 N–H and O–H groups in total. The molecule has 19 heavy (non-hydrogen) atoms. The number of carbonyl (C=O) groups excluding carboxylic acids is 1. The number of rotatable bonds is 4. The van der Waals surface area contributed by atoms with Gasteiger partial charge in [0, 0.05) is 6.20 Å². The fraction of sp³-hybridized carbons (Fsp3) is 0.250. The fourth-order valence-electron chi connectivity index (χ4n) is 1.40. The van der Waals surface area contributed by atoms with Gasteiger partial charge < -0.3 is 10.1 Å². The summed E-state index contributed by atoms with van der Waals surface area (Å²) >= 11 is 6.99. The molecule has 0 atom stereocenters. The van der Waals surface area contributed by atoms with E-state index in [9.17, 15) is 4.79 Å². The number of nitrogens with zero attached hydrogens (tertiary/aromatic N) is 2. The van der Waals surface area contributed by atoms with Gasteiger partial charge in [-0.15, -0.1) is 0 Å². The Morgan fingerprint density at radius 2 is 2.32 bits per heavy atom. The standard InChI is InChI=1S/C12H12ClN3O2S/c1-3-18-11(17)10-7(2)15-12(19-10)16-9-5-4-8(13)6-14-9/h4-6H,3H2,1-2H3,(H,14,15,16). The Morgan fingerprint density at radius 1 is 1.53 bits per heavy atom. The van der Waals surface area contributed by atoms with Crippen LogP contribution in [-0.4, -0.2) is 22.5 Å². The molecule has 2 rings (SSSR count). The van der Waals surface area contributed by atoms with Crippen molar-refractivity contribution in [3.63, 3.8) is 0 Å². The summed E-state index contributed by atoms with van der Waals surface area (Å²) in [7, 11) is 0. The van der Waals surface area contributed by atoms with Crippen molar-refractivity contribution in [1.29, 1.82) is 0 Å². The Morgan fingerprint density at radius 3 is 2.95 bits per heavy atom. The first-order chi connectivity index (χ1) is 9.10. The van der Waals surface area contributed by atoms with Crippen molar-refractivity contribution in [3.8, 4) is 0 Å². The number of aryl methyl sites for hydroxylation is 1. The van der Waals surface area contributed by atoms with E-state index < -0.39 is 0 Å². The summed E-state index contributed by atoms with van der Waals surface area (Å²) in [6.07, 6.45) is 1.54. The molecule has 7 heteroatoms. The van der Waals surface area contributed by atoms with Crippen LogP contribution in [0.25, 0.3) is 0 Å². The number of nitrogens with one attached hydrogen (secondary N) is 1. The lowest BCUT2D eigenvalue weighted by molar-refractivity contribution is 0.0531. The fourth-order valence-corrected chi connectivity index (χ4v) is 2.37. The van der Waals surface area contributed by atoms with Gasteiger partial charge in [-0.05, 0) is 26.0 Å². The van der Waals surface area contributed by atoms with Crippen LogP contribution < -0.4 is 5.32 Å². The van der Waals surface area contributed by atoms with Crippen molar-refractivity contribution in [3.05, 3.63) is 33.9 Å². The van der Waals surface area contributed by atoms with E-state index in [-0.39, 0.29) is 5.97 Å². The summed E-state index contributed by atoms with van der Waals surface area (Å²) in [5.74, 6) is 0.267. The third-order valence-electron chi connectivity index (χ3n) is 2.22. The van der Waals surface area contributed by atoms with Crippen LogP contribution in [0.15, 0.2) is 18.3 Å². The Kier molecular flexibility index (Phi) is 4.34. The number of carbonyl (C=O) groups is 1. The predicted molar refractivity (Wildman–Crippen MR) is 75.3 cm³/mol. The second-order valence-corrected chi connectivity index (χ2v) is 5.08. The van der Waals surface area contributed by atoms with Crippen molar-refractivity contribution in [2.24, 2.45) is 0 Å². The number of hydrogen-bond donors (Lipinski definition) is 1. The summed E-state index contributed by atoms with van der Waals surface area (Å²) < 4.78 is 4.96. The number of thiazole rings is 1. The molecule has 5 nitrogen and oxygen atoms in total. The molecular weight excluding hydrogens is 286 g/mol. The van der Waals surface area contributed by atoms with Gasteiger partial charge in [-0.25, -0.2) is 14.8 Å². The van der Waals surface area contributed by atoms with E-state index in [4.69, 9.17) is 16.3 Å². The lowest BCUT2D eigenvalue weighted by Gasteiger charge is -2.00. The summed E-state index contributed by atoms with van der Waals surface area (Å²) in [5, 5.41) is 4.18. The maximum atomic E-state index is 11.7. The highest BCUT2D eigenvalue weighted by Gasteiger charge is 2.16. The maximum absolute atomic E-state index is 11.7. The normalized spacial score (nSPS) is 10.3. The van der Waals surface area contributed by atoms with Gasteiger partial charge in [0.15, 0.2) is 5.13 Å². The predicted octanol–water partition coefficient (Wildman–Crippen LogP) is 3.42. The Balaban J connectivity index is 2.16. The summed E-state index contributed by atoms with van der Waals surface area (Å²) in [6, 6.07) is 3.46. The van der Waals surface area contributed by atoms with Gasteiger partial charge in [-0.2, -0.15) is 0 Å². The molecule has 2 aromatic heterocycles. The summed E-state index contributed by atoms with van der Waals surface area (Å²) in [5.41, 5.74) is 0.639. The quantitative estimate of drug-likeness (QED) is 0.876. The SMILES string of the molecule is CCOC(=O)c1sc(Nc2ccc(Cl)cn2)nc1C. The molecule has 2 aromatic rings. The smallest absolute Gasteiger partial charge is 0.350 e. The van der Waals surface area contributed by atoms with Gasteiger partial charge in [0.25, 0.3) is 0 Å². The minimum atomic E-state index is -0.352. The molecule has 0 aliphatic heterocycles. The van der Waals surface area contributed by atoms with Gasteiger partial charge in [0.2, 0.25) is 0 Å². The van der Waals surface area contributed by atoms with Gasteiger partial charge in [0.05, 0.1) is 17.3 Å². The number of ether oxygens (including phenoxy) is 1. The van der Waals surface area contributed by atoms with Crippen LogP contribution in [0.5, 0.6) is 0 Å². The number of anilines is 2. The number of pyridine rings is 1. The number of hydrogen-bond acceptors (Lipinski definition) is 6. The molecule has 0 aliphatic carbocycles. The topological polar surface area (TPSA) is 64.1 Å². The van der Waals surface area contributed by atoms with Gasteiger partial charge in [-0.3, -0.25) is 0 Å². The first kappa shape index (κ1) is 13.8. The number of halogens is 1. The zero-order valence-corrected chi connectivity index (χ0v) is 12.0. The van der Waals surface area contributed by atoms with Crippen molar-refractivity contribution in [1.82, 2.24) is 9.97 Å². The summed E-state index contributed by atoms with van der Waals surface area (Å²) in [6.45, 7) is 3.88. The zero-order valence-electron chi connectivity index (χ0n) is 10.4. The molecule has 0 spiro atoms. The average molecular weight is 298 g/mol. The third kappa shape index (κ3) is 3.42. The Labute approximate surface area is 119 Å². The summed E-state index contributed by atoms with van der Waals surface area (Å²) in [4.78, 5) is 20.5. The molecule has 0 radical (unpaired) electrons. The zero-order chi connectivity index (χ0) is 13.8. The van der Waals surface area contributed by atoms with Gasteiger partial charge >= 0.3 is 5.97 Å². The number of aromatic nitrogens is 2. The first-order valence-electron chi connectivity index (χ1n) is 5.63. The molecule has 0 unspecified atom stereocenters. The lowest BCUT2D eigenvalue weighted by atomic mass is 10.4. The highest BCUT2D eigenvalue weighted by atomic mass is 35.5. The van der Waals surface area contributed by atoms with E-state index in [1.807, 2.05) is 0 Å². The van der Waals surface area contributed by atoms with Crippen LogP contribution in [0.2, 0.25) is 5.02 Å². The third-order valence-corrected chi connectivity index (χ3v) is 3.50. The molecule has 100 valence electrons. The largest absolute Gasteiger partial charge is 0.462 e. The van der Waals surface area contributed by atoms with E-state index in [0.717, 1.165) is 0 Å². The molecule has 0 saturated carbocycles. The molecule has 0 amide bonds. The van der Waals surface area contributed by atoms with E-state index >= 15 is 0 Å². The van der Waals surface area contributed by atoms with E-state index in [2.05, 4.69) is 15.3 Å². The van der Waals surface area contributed by atoms with Crippen molar-refractivity contribution in [2.45, 2.75) is 13.8 Å². The molecular formula is C12H12ClN3O2S. The van der Waals surface area contributed by atoms with Gasteiger partial charge in [0.1, 0.15) is 10.7 Å². The van der Waals surface area contributed by atoms with Crippen LogP contribution >= 0.6 is 22.9 Å². The molecule has 0 fully saturated rings. The van der Waals surface area contributed by atoms with Crippen molar-refractivity contribution >= 4 is 39.9 Å². The second kappa shape index (κ2) is 5.99. The van der Waals surface area contributed by atoms with Crippen LogP contribution in [0.3, 0.4) is 0 Å². The molecule has 0 aliphatic rings. The van der Waals surface area contributed by atoms with Crippen LogP contribution in [0, 0.1) is 6.92 Å². The molecule has 0 aromatic carbocycles. The molecule has 2 heterocycles. The van der Waals surface area contributed by atoms with Crippen molar-refractivity contribution in [2.75, 3.05) is 11.9 Å². The average Bonchev–Trinajstić information content (AvgIpc) is 2.74. The van der Waals surface area contributed by atoms with Crippen LogP contribution in [-0.2, 0) is 4.74 Å². The highest BCUT2D eigenvalue weighted by Crippen LogP contribution is 2.26. The Hall–Kier alpha value is -1.66. The maximum Gasteiger partial charge on any atom is 0.350 e. The van der Waals surface area contributed by atoms with Crippen LogP contribution in [0.1, 0.15) is 22.3 Å². The Bertz CT molecular complexity index is 583. The monoisotopic (exact) mass is 297 g/mol. The van der Waals surface area contributed by atoms with E-state index in [0.29, 0.717) is 33.2 Å².